The van der Waals surface area contributed by atoms with E-state index >= 15 is 0 Å². The van der Waals surface area contributed by atoms with Crippen LogP contribution in [-0.2, 0) is 4.74 Å². The van der Waals surface area contributed by atoms with E-state index in [4.69, 9.17) is 4.74 Å². The van der Waals surface area contributed by atoms with Crippen LogP contribution in [0.5, 0.6) is 0 Å². The van der Waals surface area contributed by atoms with Crippen LogP contribution in [0.15, 0.2) is 18.2 Å². The van der Waals surface area contributed by atoms with Gasteiger partial charge in [-0.2, -0.15) is 0 Å². The topological polar surface area (TPSA) is 84.7 Å². The molecule has 114 valence electrons. The molecule has 1 N–H and O–H groups in total. The highest BCUT2D eigenvalue weighted by Crippen LogP contribution is 2.22. The molecule has 0 aromatic heterocycles. The molecule has 0 radical (unpaired) electrons. The number of amides is 2. The number of nitrogens with zero attached hydrogens (tertiary/aromatic N) is 2. The van der Waals surface area contributed by atoms with Crippen molar-refractivity contribution in [1.82, 2.24) is 4.90 Å². The maximum atomic E-state index is 12.2. The van der Waals surface area contributed by atoms with Gasteiger partial charge in [0.05, 0.1) is 17.1 Å². The van der Waals surface area contributed by atoms with Crippen LogP contribution in [0.3, 0.4) is 0 Å². The first kappa shape index (κ1) is 15.2. The van der Waals surface area contributed by atoms with Crippen LogP contribution < -0.4 is 5.32 Å². The molecule has 7 nitrogen and oxygen atoms in total. The standard InChI is InChI=1S/C14H19N3O4/c1-9-6-12(4-5-13(9)17(19)20)15-14(18)16-7-10(2)21-11(3)8-16/h4-6,10-11H,7-8H2,1-3H3,(H,15,18)/t10-,11+. The maximum Gasteiger partial charge on any atom is 0.322 e. The second-order valence-corrected chi connectivity index (χ2v) is 5.35. The lowest BCUT2D eigenvalue weighted by molar-refractivity contribution is -0.385. The summed E-state index contributed by atoms with van der Waals surface area (Å²) in [6.07, 6.45) is -0.00352. The number of benzene rings is 1. The molecule has 2 amide bonds. The maximum absolute atomic E-state index is 12.2. The van der Waals surface area contributed by atoms with Crippen molar-refractivity contribution in [2.75, 3.05) is 18.4 Å². The lowest BCUT2D eigenvalue weighted by Crippen LogP contribution is -2.49. The van der Waals surface area contributed by atoms with Crippen LogP contribution in [-0.4, -0.2) is 41.2 Å². The molecule has 2 atom stereocenters. The number of nitro benzene ring substituents is 1. The number of hydrogen-bond acceptors (Lipinski definition) is 4. The molecule has 1 aromatic carbocycles. The zero-order valence-electron chi connectivity index (χ0n) is 12.3. The minimum absolute atomic E-state index is 0.00176. The van der Waals surface area contributed by atoms with Crippen LogP contribution in [0, 0.1) is 17.0 Å². The van der Waals surface area contributed by atoms with Gasteiger partial charge in [-0.3, -0.25) is 10.1 Å². The Hall–Kier alpha value is -2.15. The van der Waals surface area contributed by atoms with Crippen molar-refractivity contribution >= 4 is 17.4 Å². The lowest BCUT2D eigenvalue weighted by Gasteiger charge is -2.35. The summed E-state index contributed by atoms with van der Waals surface area (Å²) in [6.45, 7) is 6.55. The molecule has 1 aliphatic heterocycles. The number of ether oxygens (including phenoxy) is 1. The first-order valence-corrected chi connectivity index (χ1v) is 6.83. The zero-order chi connectivity index (χ0) is 15.6. The lowest BCUT2D eigenvalue weighted by atomic mass is 10.2. The largest absolute Gasteiger partial charge is 0.372 e. The molecule has 1 fully saturated rings. The van der Waals surface area contributed by atoms with Crippen LogP contribution >= 0.6 is 0 Å². The number of rotatable bonds is 2. The third-order valence-corrected chi connectivity index (χ3v) is 3.35. The molecule has 1 heterocycles. The molecule has 0 bridgehead atoms. The first-order chi connectivity index (χ1) is 9.86. The molecule has 0 saturated carbocycles. The number of carbonyl (C=O) groups is 1. The van der Waals surface area contributed by atoms with Gasteiger partial charge in [0.25, 0.3) is 5.69 Å². The fourth-order valence-electron chi connectivity index (χ4n) is 2.48. The number of carbonyl (C=O) groups excluding carboxylic acids is 1. The SMILES string of the molecule is Cc1cc(NC(=O)N2C[C@@H](C)O[C@@H](C)C2)ccc1[N+](=O)[O-]. The number of urea groups is 1. The van der Waals surface area contributed by atoms with Crippen molar-refractivity contribution in [3.63, 3.8) is 0 Å². The summed E-state index contributed by atoms with van der Waals surface area (Å²) in [7, 11) is 0. The normalized spacial score (nSPS) is 22.0. The van der Waals surface area contributed by atoms with Crippen molar-refractivity contribution in [3.8, 4) is 0 Å². The number of aryl methyl sites for hydroxylation is 1. The monoisotopic (exact) mass is 293 g/mol. The second-order valence-electron chi connectivity index (χ2n) is 5.35. The third kappa shape index (κ3) is 3.69. The van der Waals surface area contributed by atoms with Crippen LogP contribution in [0.4, 0.5) is 16.2 Å². The average Bonchev–Trinajstić information content (AvgIpc) is 2.37. The van der Waals surface area contributed by atoms with Crippen molar-refractivity contribution in [1.29, 1.82) is 0 Å². The van der Waals surface area contributed by atoms with Crippen molar-refractivity contribution in [3.05, 3.63) is 33.9 Å². The highest BCUT2D eigenvalue weighted by atomic mass is 16.6. The Balaban J connectivity index is 2.06. The van der Waals surface area contributed by atoms with E-state index < -0.39 is 4.92 Å². The van der Waals surface area contributed by atoms with Crippen LogP contribution in [0.2, 0.25) is 0 Å². The summed E-state index contributed by atoms with van der Waals surface area (Å²) in [6, 6.07) is 4.32. The van der Waals surface area contributed by atoms with Gasteiger partial charge in [-0.15, -0.1) is 0 Å². The van der Waals surface area contributed by atoms with Crippen molar-refractivity contribution in [2.24, 2.45) is 0 Å². The summed E-state index contributed by atoms with van der Waals surface area (Å²) in [4.78, 5) is 24.2. The van der Waals surface area contributed by atoms with Crippen LogP contribution in [0.1, 0.15) is 19.4 Å². The Morgan fingerprint density at radius 2 is 2.00 bits per heavy atom. The van der Waals surface area contributed by atoms with Gasteiger partial charge in [0.2, 0.25) is 0 Å². The predicted molar refractivity (Wildman–Crippen MR) is 78.4 cm³/mol. The van der Waals surface area contributed by atoms with Gasteiger partial charge in [0, 0.05) is 30.4 Å². The average molecular weight is 293 g/mol. The number of hydrogen-bond donors (Lipinski definition) is 1. The minimum Gasteiger partial charge on any atom is -0.372 e. The first-order valence-electron chi connectivity index (χ1n) is 6.83. The summed E-state index contributed by atoms with van der Waals surface area (Å²) in [5.74, 6) is 0. The Bertz CT molecular complexity index is 551. The number of morpholine rings is 1. The van der Waals surface area contributed by atoms with E-state index in [-0.39, 0.29) is 23.9 Å². The highest BCUT2D eigenvalue weighted by Gasteiger charge is 2.26. The van der Waals surface area contributed by atoms with Gasteiger partial charge < -0.3 is 15.0 Å². The number of nitro groups is 1. The van der Waals surface area contributed by atoms with E-state index in [1.165, 1.54) is 12.1 Å². The molecule has 0 aliphatic carbocycles. The fourth-order valence-corrected chi connectivity index (χ4v) is 2.48. The zero-order valence-corrected chi connectivity index (χ0v) is 12.3. The molecule has 0 spiro atoms. The third-order valence-electron chi connectivity index (χ3n) is 3.35. The predicted octanol–water partition coefficient (Wildman–Crippen LogP) is 2.54. The van der Waals surface area contributed by atoms with E-state index in [1.807, 2.05) is 13.8 Å². The van der Waals surface area contributed by atoms with E-state index in [9.17, 15) is 14.9 Å². The molecule has 0 unspecified atom stereocenters. The smallest absolute Gasteiger partial charge is 0.322 e. The van der Waals surface area contributed by atoms with Gasteiger partial charge >= 0.3 is 6.03 Å². The van der Waals surface area contributed by atoms with Gasteiger partial charge in [-0.25, -0.2) is 4.79 Å². The van der Waals surface area contributed by atoms with Gasteiger partial charge in [-0.1, -0.05) is 0 Å². The quantitative estimate of drug-likeness (QED) is 0.670. The minimum atomic E-state index is -0.438. The van der Waals surface area contributed by atoms with E-state index in [1.54, 1.807) is 17.9 Å². The summed E-state index contributed by atoms with van der Waals surface area (Å²) in [5, 5.41) is 13.5. The Morgan fingerprint density at radius 3 is 2.52 bits per heavy atom. The summed E-state index contributed by atoms with van der Waals surface area (Å²) >= 11 is 0. The molecule has 21 heavy (non-hydrogen) atoms. The Kier molecular flexibility index (Phi) is 4.42. The molecular formula is C14H19N3O4. The highest BCUT2D eigenvalue weighted by molar-refractivity contribution is 5.89. The van der Waals surface area contributed by atoms with Crippen LogP contribution in [0.25, 0.3) is 0 Å². The van der Waals surface area contributed by atoms with Gasteiger partial charge in [-0.05, 0) is 32.9 Å². The molecule has 7 heteroatoms. The number of anilines is 1. The van der Waals surface area contributed by atoms with E-state index in [2.05, 4.69) is 5.32 Å². The second kappa shape index (κ2) is 6.09. The van der Waals surface area contributed by atoms with E-state index in [0.717, 1.165) is 0 Å². The molecule has 1 saturated heterocycles. The van der Waals surface area contributed by atoms with Gasteiger partial charge in [0.15, 0.2) is 0 Å². The molecule has 2 rings (SSSR count). The summed E-state index contributed by atoms with van der Waals surface area (Å²) < 4.78 is 5.58. The summed E-state index contributed by atoms with van der Waals surface area (Å²) in [5.41, 5.74) is 1.11. The molecule has 1 aromatic rings. The van der Waals surface area contributed by atoms with Crippen molar-refractivity contribution in [2.45, 2.75) is 33.0 Å². The molecular weight excluding hydrogens is 274 g/mol. The molecule has 1 aliphatic rings. The Morgan fingerprint density at radius 1 is 1.38 bits per heavy atom. The van der Waals surface area contributed by atoms with Gasteiger partial charge in [0.1, 0.15) is 0 Å². The Labute approximate surface area is 123 Å². The van der Waals surface area contributed by atoms with E-state index in [0.29, 0.717) is 24.3 Å². The number of nitrogens with one attached hydrogen (secondary N) is 1. The van der Waals surface area contributed by atoms with Crippen molar-refractivity contribution < 1.29 is 14.5 Å². The fraction of sp³-hybridized carbons (Fsp3) is 0.500.